The highest BCUT2D eigenvalue weighted by Gasteiger charge is 2.40. The molecule has 1 fully saturated rings. The standard InChI is InChI=1S/C13H13F2NO3/c1-16-11(17)5-4-9(13(18)19)12(16)8-3-2-7(14)6-10(8)15/h2-3,6,9,12H,4-5H2,1H3,(H,18,19). The van der Waals surface area contributed by atoms with E-state index in [-0.39, 0.29) is 24.3 Å². The van der Waals surface area contributed by atoms with Crippen LogP contribution in [0.1, 0.15) is 24.4 Å². The van der Waals surface area contributed by atoms with Gasteiger partial charge in [-0.05, 0) is 12.5 Å². The minimum absolute atomic E-state index is 0.0318. The predicted octanol–water partition coefficient (Wildman–Crippen LogP) is 1.96. The molecule has 1 aromatic carbocycles. The van der Waals surface area contributed by atoms with Crippen LogP contribution in [0.4, 0.5) is 8.78 Å². The molecule has 2 atom stereocenters. The van der Waals surface area contributed by atoms with Crippen LogP contribution in [-0.4, -0.2) is 28.9 Å². The molecule has 0 bridgehead atoms. The summed E-state index contributed by atoms with van der Waals surface area (Å²) in [5.41, 5.74) is 0.0318. The van der Waals surface area contributed by atoms with Crippen molar-refractivity contribution in [2.24, 2.45) is 5.92 Å². The smallest absolute Gasteiger partial charge is 0.308 e. The van der Waals surface area contributed by atoms with E-state index in [0.29, 0.717) is 6.07 Å². The lowest BCUT2D eigenvalue weighted by Gasteiger charge is -2.37. The summed E-state index contributed by atoms with van der Waals surface area (Å²) in [6, 6.07) is 2.05. The van der Waals surface area contributed by atoms with Crippen LogP contribution in [-0.2, 0) is 9.59 Å². The van der Waals surface area contributed by atoms with Crippen LogP contribution in [0.5, 0.6) is 0 Å². The van der Waals surface area contributed by atoms with Gasteiger partial charge in [-0.15, -0.1) is 0 Å². The van der Waals surface area contributed by atoms with E-state index < -0.39 is 29.6 Å². The van der Waals surface area contributed by atoms with Crippen LogP contribution >= 0.6 is 0 Å². The normalized spacial score (nSPS) is 23.5. The summed E-state index contributed by atoms with van der Waals surface area (Å²) in [7, 11) is 1.44. The van der Waals surface area contributed by atoms with Gasteiger partial charge in [-0.1, -0.05) is 6.07 Å². The van der Waals surface area contributed by atoms with E-state index >= 15 is 0 Å². The molecule has 4 nitrogen and oxygen atoms in total. The lowest BCUT2D eigenvalue weighted by molar-refractivity contribution is -0.150. The quantitative estimate of drug-likeness (QED) is 0.892. The summed E-state index contributed by atoms with van der Waals surface area (Å²) in [4.78, 5) is 24.1. The maximum atomic E-state index is 13.8. The molecule has 2 unspecified atom stereocenters. The first kappa shape index (κ1) is 13.5. The van der Waals surface area contributed by atoms with Crippen molar-refractivity contribution in [3.63, 3.8) is 0 Å². The number of carboxylic acid groups (broad SMARTS) is 1. The third-order valence-electron chi connectivity index (χ3n) is 3.46. The highest BCUT2D eigenvalue weighted by Crippen LogP contribution is 2.37. The third-order valence-corrected chi connectivity index (χ3v) is 3.46. The first-order chi connectivity index (χ1) is 8.91. The molecule has 0 aliphatic carbocycles. The third kappa shape index (κ3) is 2.43. The first-order valence-electron chi connectivity index (χ1n) is 5.85. The number of rotatable bonds is 2. The molecular formula is C13H13F2NO3. The number of benzene rings is 1. The Morgan fingerprint density at radius 2 is 2.11 bits per heavy atom. The maximum absolute atomic E-state index is 13.8. The topological polar surface area (TPSA) is 57.6 Å². The van der Waals surface area contributed by atoms with Crippen LogP contribution < -0.4 is 0 Å². The molecule has 0 saturated carbocycles. The van der Waals surface area contributed by atoms with Crippen molar-refractivity contribution in [2.75, 3.05) is 7.05 Å². The number of likely N-dealkylation sites (tertiary alicyclic amines) is 1. The Morgan fingerprint density at radius 3 is 2.68 bits per heavy atom. The lowest BCUT2D eigenvalue weighted by atomic mass is 9.84. The molecule has 0 radical (unpaired) electrons. The van der Waals surface area contributed by atoms with E-state index in [1.165, 1.54) is 18.0 Å². The van der Waals surface area contributed by atoms with Crippen LogP contribution in [0.25, 0.3) is 0 Å². The zero-order valence-corrected chi connectivity index (χ0v) is 10.3. The molecule has 1 saturated heterocycles. The number of carbonyl (C=O) groups is 2. The fourth-order valence-electron chi connectivity index (χ4n) is 2.46. The summed E-state index contributed by atoms with van der Waals surface area (Å²) < 4.78 is 26.7. The largest absolute Gasteiger partial charge is 0.481 e. The van der Waals surface area contributed by atoms with E-state index in [9.17, 15) is 23.5 Å². The number of halogens is 2. The van der Waals surface area contributed by atoms with Crippen molar-refractivity contribution in [1.82, 2.24) is 4.90 Å². The molecule has 2 rings (SSSR count). The zero-order valence-electron chi connectivity index (χ0n) is 10.3. The van der Waals surface area contributed by atoms with Crippen molar-refractivity contribution in [2.45, 2.75) is 18.9 Å². The Bertz CT molecular complexity index is 533. The van der Waals surface area contributed by atoms with E-state index in [0.717, 1.165) is 6.07 Å². The van der Waals surface area contributed by atoms with Gasteiger partial charge >= 0.3 is 5.97 Å². The van der Waals surface area contributed by atoms with Crippen molar-refractivity contribution in [3.05, 3.63) is 35.4 Å². The molecule has 0 spiro atoms. The second-order valence-electron chi connectivity index (χ2n) is 4.60. The minimum Gasteiger partial charge on any atom is -0.481 e. The molecule has 1 amide bonds. The lowest BCUT2D eigenvalue weighted by Crippen LogP contribution is -2.43. The number of hydrogen-bond acceptors (Lipinski definition) is 2. The van der Waals surface area contributed by atoms with Crippen molar-refractivity contribution < 1.29 is 23.5 Å². The zero-order chi connectivity index (χ0) is 14.2. The van der Waals surface area contributed by atoms with Crippen LogP contribution in [0.3, 0.4) is 0 Å². The highest BCUT2D eigenvalue weighted by molar-refractivity contribution is 5.81. The van der Waals surface area contributed by atoms with Gasteiger partial charge in [0.05, 0.1) is 12.0 Å². The number of hydrogen-bond donors (Lipinski definition) is 1. The van der Waals surface area contributed by atoms with Crippen molar-refractivity contribution in [3.8, 4) is 0 Å². The molecule has 1 aliphatic rings. The summed E-state index contributed by atoms with van der Waals surface area (Å²) in [5, 5.41) is 9.19. The van der Waals surface area contributed by atoms with Gasteiger partial charge in [0.1, 0.15) is 11.6 Å². The average Bonchev–Trinajstić information content (AvgIpc) is 2.33. The van der Waals surface area contributed by atoms with Gasteiger partial charge in [-0.2, -0.15) is 0 Å². The summed E-state index contributed by atoms with van der Waals surface area (Å²) in [6.45, 7) is 0. The summed E-state index contributed by atoms with van der Waals surface area (Å²) in [6.07, 6.45) is 0.271. The number of carboxylic acids is 1. The van der Waals surface area contributed by atoms with Crippen LogP contribution in [0, 0.1) is 17.6 Å². The first-order valence-corrected chi connectivity index (χ1v) is 5.85. The van der Waals surface area contributed by atoms with Gasteiger partial charge in [-0.25, -0.2) is 8.78 Å². The van der Waals surface area contributed by atoms with E-state index in [1.54, 1.807) is 0 Å². The van der Waals surface area contributed by atoms with Gasteiger partial charge in [0.15, 0.2) is 0 Å². The van der Waals surface area contributed by atoms with E-state index in [1.807, 2.05) is 0 Å². The Kier molecular flexibility index (Phi) is 3.50. The number of nitrogens with zero attached hydrogens (tertiary/aromatic N) is 1. The monoisotopic (exact) mass is 269 g/mol. The second kappa shape index (κ2) is 4.95. The Labute approximate surface area is 108 Å². The molecule has 1 N–H and O–H groups in total. The highest BCUT2D eigenvalue weighted by atomic mass is 19.1. The molecule has 102 valence electrons. The molecule has 1 aromatic rings. The van der Waals surface area contributed by atoms with Crippen LogP contribution in [0.15, 0.2) is 18.2 Å². The molecule has 6 heteroatoms. The SMILES string of the molecule is CN1C(=O)CCC(C(=O)O)C1c1ccc(F)cc1F. The Balaban J connectivity index is 2.46. The number of carbonyl (C=O) groups excluding carboxylic acids is 1. The van der Waals surface area contributed by atoms with Gasteiger partial charge < -0.3 is 10.0 Å². The molecule has 0 aromatic heterocycles. The van der Waals surface area contributed by atoms with E-state index in [2.05, 4.69) is 0 Å². The summed E-state index contributed by atoms with van der Waals surface area (Å²) >= 11 is 0. The van der Waals surface area contributed by atoms with Gasteiger partial charge in [0.25, 0.3) is 0 Å². The van der Waals surface area contributed by atoms with Gasteiger partial charge in [-0.3, -0.25) is 9.59 Å². The minimum atomic E-state index is -1.09. The summed E-state index contributed by atoms with van der Waals surface area (Å²) in [5.74, 6) is -3.79. The Hall–Kier alpha value is -1.98. The fourth-order valence-corrected chi connectivity index (χ4v) is 2.46. The molecular weight excluding hydrogens is 256 g/mol. The Morgan fingerprint density at radius 1 is 1.42 bits per heavy atom. The molecule has 1 heterocycles. The average molecular weight is 269 g/mol. The second-order valence-corrected chi connectivity index (χ2v) is 4.60. The van der Waals surface area contributed by atoms with Crippen molar-refractivity contribution in [1.29, 1.82) is 0 Å². The van der Waals surface area contributed by atoms with Crippen molar-refractivity contribution >= 4 is 11.9 Å². The van der Waals surface area contributed by atoms with Gasteiger partial charge in [0.2, 0.25) is 5.91 Å². The fraction of sp³-hybridized carbons (Fsp3) is 0.385. The number of amides is 1. The maximum Gasteiger partial charge on any atom is 0.308 e. The van der Waals surface area contributed by atoms with E-state index in [4.69, 9.17) is 0 Å². The van der Waals surface area contributed by atoms with Crippen LogP contribution in [0.2, 0.25) is 0 Å². The number of piperidine rings is 1. The molecule has 1 aliphatic heterocycles. The predicted molar refractivity (Wildman–Crippen MR) is 62.2 cm³/mol. The molecule has 19 heavy (non-hydrogen) atoms. The van der Waals surface area contributed by atoms with Gasteiger partial charge in [0, 0.05) is 25.1 Å². The number of aliphatic carboxylic acids is 1.